The lowest BCUT2D eigenvalue weighted by atomic mass is 10.1. The van der Waals surface area contributed by atoms with Crippen LogP contribution in [0.2, 0.25) is 0 Å². The molecule has 1 atom stereocenters. The Bertz CT molecular complexity index is 351. The lowest BCUT2D eigenvalue weighted by Crippen LogP contribution is -2.38. The zero-order valence-electron chi connectivity index (χ0n) is 9.42. The highest BCUT2D eigenvalue weighted by molar-refractivity contribution is 5.48. The first-order valence-electron chi connectivity index (χ1n) is 5.60. The molecular weight excluding hydrogens is 207 g/mol. The van der Waals surface area contributed by atoms with Gasteiger partial charge in [-0.1, -0.05) is 0 Å². The number of rotatable bonds is 3. The number of hydrogen-bond acceptors (Lipinski definition) is 3. The van der Waals surface area contributed by atoms with Gasteiger partial charge in [-0.15, -0.1) is 0 Å². The molecule has 0 aromatic heterocycles. The fourth-order valence-electron chi connectivity index (χ4n) is 1.97. The minimum Gasteiger partial charge on any atom is -0.494 e. The van der Waals surface area contributed by atoms with Crippen LogP contribution < -0.4 is 15.4 Å². The molecule has 1 aliphatic rings. The largest absolute Gasteiger partial charge is 0.494 e. The number of anilines is 1. The Morgan fingerprint density at radius 3 is 3.00 bits per heavy atom. The number of methoxy groups -OCH3 is 1. The Kier molecular flexibility index (Phi) is 3.62. The lowest BCUT2D eigenvalue weighted by molar-refractivity contribution is 0.386. The van der Waals surface area contributed by atoms with Gasteiger partial charge in [0.2, 0.25) is 0 Å². The molecule has 1 aromatic rings. The van der Waals surface area contributed by atoms with Gasteiger partial charge in [-0.2, -0.15) is 0 Å². The molecule has 0 aliphatic carbocycles. The van der Waals surface area contributed by atoms with E-state index >= 15 is 0 Å². The van der Waals surface area contributed by atoms with E-state index in [1.54, 1.807) is 6.07 Å². The normalized spacial score (nSPS) is 20.5. The van der Waals surface area contributed by atoms with Gasteiger partial charge in [0.05, 0.1) is 7.11 Å². The van der Waals surface area contributed by atoms with Crippen LogP contribution in [0.4, 0.5) is 10.1 Å². The van der Waals surface area contributed by atoms with Crippen LogP contribution in [-0.2, 0) is 0 Å². The van der Waals surface area contributed by atoms with E-state index in [0.29, 0.717) is 6.04 Å². The Hall–Kier alpha value is -1.29. The highest BCUT2D eigenvalue weighted by Crippen LogP contribution is 2.21. The van der Waals surface area contributed by atoms with Crippen LogP contribution in [0.25, 0.3) is 0 Å². The smallest absolute Gasteiger partial charge is 0.167 e. The number of benzene rings is 1. The first kappa shape index (κ1) is 11.2. The maximum Gasteiger partial charge on any atom is 0.167 e. The molecule has 1 unspecified atom stereocenters. The van der Waals surface area contributed by atoms with Crippen molar-refractivity contribution in [2.75, 3.05) is 25.5 Å². The van der Waals surface area contributed by atoms with Crippen LogP contribution in [0.15, 0.2) is 18.2 Å². The zero-order valence-corrected chi connectivity index (χ0v) is 9.42. The van der Waals surface area contributed by atoms with Crippen molar-refractivity contribution in [3.05, 3.63) is 24.0 Å². The fourth-order valence-corrected chi connectivity index (χ4v) is 1.97. The van der Waals surface area contributed by atoms with Crippen LogP contribution in [0, 0.1) is 5.82 Å². The van der Waals surface area contributed by atoms with Crippen molar-refractivity contribution in [2.24, 2.45) is 0 Å². The van der Waals surface area contributed by atoms with Gasteiger partial charge in [0, 0.05) is 24.3 Å². The van der Waals surface area contributed by atoms with Crippen molar-refractivity contribution < 1.29 is 9.13 Å². The van der Waals surface area contributed by atoms with Crippen molar-refractivity contribution in [3.63, 3.8) is 0 Å². The topological polar surface area (TPSA) is 33.3 Å². The second-order valence-corrected chi connectivity index (χ2v) is 4.04. The molecule has 3 nitrogen and oxygen atoms in total. The van der Waals surface area contributed by atoms with Crippen molar-refractivity contribution in [1.29, 1.82) is 0 Å². The third kappa shape index (κ3) is 2.64. The van der Waals surface area contributed by atoms with Crippen LogP contribution in [0.5, 0.6) is 5.75 Å². The van der Waals surface area contributed by atoms with E-state index in [4.69, 9.17) is 4.74 Å². The monoisotopic (exact) mass is 224 g/mol. The van der Waals surface area contributed by atoms with E-state index in [9.17, 15) is 4.39 Å². The van der Waals surface area contributed by atoms with E-state index < -0.39 is 0 Å². The number of hydrogen-bond donors (Lipinski definition) is 2. The van der Waals surface area contributed by atoms with Gasteiger partial charge >= 0.3 is 0 Å². The van der Waals surface area contributed by atoms with Crippen LogP contribution >= 0.6 is 0 Å². The van der Waals surface area contributed by atoms with Gasteiger partial charge < -0.3 is 15.4 Å². The minimum atomic E-state index is -0.323. The van der Waals surface area contributed by atoms with E-state index in [1.165, 1.54) is 13.2 Å². The molecule has 2 N–H and O–H groups in total. The summed E-state index contributed by atoms with van der Waals surface area (Å²) >= 11 is 0. The van der Waals surface area contributed by atoms with Crippen molar-refractivity contribution in [3.8, 4) is 5.75 Å². The van der Waals surface area contributed by atoms with E-state index in [0.717, 1.165) is 31.6 Å². The second kappa shape index (κ2) is 5.16. The van der Waals surface area contributed by atoms with Gasteiger partial charge in [0.25, 0.3) is 0 Å². The van der Waals surface area contributed by atoms with Gasteiger partial charge in [-0.3, -0.25) is 0 Å². The average Bonchev–Trinajstić information content (AvgIpc) is 2.31. The van der Waals surface area contributed by atoms with Crippen molar-refractivity contribution in [1.82, 2.24) is 5.32 Å². The van der Waals surface area contributed by atoms with E-state index in [1.807, 2.05) is 6.07 Å². The summed E-state index contributed by atoms with van der Waals surface area (Å²) in [6, 6.07) is 5.36. The number of ether oxygens (including phenoxy) is 1. The predicted octanol–water partition coefficient (Wildman–Crippen LogP) is 2.00. The summed E-state index contributed by atoms with van der Waals surface area (Å²) in [5.41, 5.74) is 0.812. The van der Waals surface area contributed by atoms with E-state index in [-0.39, 0.29) is 11.6 Å². The highest BCUT2D eigenvalue weighted by Gasteiger charge is 2.13. The number of piperidine rings is 1. The first-order valence-corrected chi connectivity index (χ1v) is 5.60. The molecule has 88 valence electrons. The molecule has 1 fully saturated rings. The van der Waals surface area contributed by atoms with E-state index in [2.05, 4.69) is 10.6 Å². The third-order valence-electron chi connectivity index (χ3n) is 2.82. The SMILES string of the molecule is COc1ccc(NC2CCCNC2)cc1F. The molecule has 0 radical (unpaired) electrons. The number of nitrogens with one attached hydrogen (secondary N) is 2. The highest BCUT2D eigenvalue weighted by atomic mass is 19.1. The molecule has 1 saturated heterocycles. The molecule has 16 heavy (non-hydrogen) atoms. The Morgan fingerprint density at radius 1 is 1.50 bits per heavy atom. The molecule has 0 saturated carbocycles. The molecule has 2 rings (SSSR count). The summed E-state index contributed by atoms with van der Waals surface area (Å²) in [6.45, 7) is 2.02. The maximum atomic E-state index is 13.4. The quantitative estimate of drug-likeness (QED) is 0.824. The predicted molar refractivity (Wildman–Crippen MR) is 62.5 cm³/mol. The molecule has 1 aromatic carbocycles. The summed E-state index contributed by atoms with van der Waals surface area (Å²) in [4.78, 5) is 0. The molecule has 4 heteroatoms. The van der Waals surface area contributed by atoms with Crippen LogP contribution in [0.3, 0.4) is 0 Å². The van der Waals surface area contributed by atoms with Crippen LogP contribution in [0.1, 0.15) is 12.8 Å². The third-order valence-corrected chi connectivity index (χ3v) is 2.82. The lowest BCUT2D eigenvalue weighted by Gasteiger charge is -2.24. The summed E-state index contributed by atoms with van der Waals surface area (Å²) < 4.78 is 18.3. The average molecular weight is 224 g/mol. The first-order chi connectivity index (χ1) is 7.79. The molecule has 0 spiro atoms. The Morgan fingerprint density at radius 2 is 2.38 bits per heavy atom. The maximum absolute atomic E-state index is 13.4. The molecule has 0 amide bonds. The molecule has 0 bridgehead atoms. The van der Waals surface area contributed by atoms with Gasteiger partial charge in [-0.25, -0.2) is 4.39 Å². The standard InChI is InChI=1S/C12H17FN2O/c1-16-12-5-4-9(7-11(12)13)15-10-3-2-6-14-8-10/h4-5,7,10,14-15H,2-3,6,8H2,1H3. The summed E-state index contributed by atoms with van der Waals surface area (Å²) in [7, 11) is 1.47. The van der Waals surface area contributed by atoms with Crippen molar-refractivity contribution >= 4 is 5.69 Å². The minimum absolute atomic E-state index is 0.285. The summed E-state index contributed by atoms with van der Waals surface area (Å²) in [5.74, 6) is -0.0383. The van der Waals surface area contributed by atoms with Crippen LogP contribution in [-0.4, -0.2) is 26.2 Å². The molecule has 1 heterocycles. The Labute approximate surface area is 95.0 Å². The Balaban J connectivity index is 2.01. The van der Waals surface area contributed by atoms with Gasteiger partial charge in [-0.05, 0) is 31.5 Å². The van der Waals surface area contributed by atoms with Gasteiger partial charge in [0.15, 0.2) is 11.6 Å². The van der Waals surface area contributed by atoms with Crippen molar-refractivity contribution in [2.45, 2.75) is 18.9 Å². The fraction of sp³-hybridized carbons (Fsp3) is 0.500. The van der Waals surface area contributed by atoms with Gasteiger partial charge in [0.1, 0.15) is 0 Å². The second-order valence-electron chi connectivity index (χ2n) is 4.04. The molecular formula is C12H17FN2O. The number of halogens is 1. The summed E-state index contributed by atoms with van der Waals surface area (Å²) in [5, 5.41) is 6.63. The molecule has 1 aliphatic heterocycles. The zero-order chi connectivity index (χ0) is 11.4. The summed E-state index contributed by atoms with van der Waals surface area (Å²) in [6.07, 6.45) is 2.29.